The smallest absolute Gasteiger partial charge is 0.184 e. The van der Waals surface area contributed by atoms with Crippen molar-refractivity contribution in [3.05, 3.63) is 0 Å². The van der Waals surface area contributed by atoms with E-state index in [4.69, 9.17) is 5.73 Å². The monoisotopic (exact) mass is 303 g/mol. The minimum Gasteiger partial charge on any atom is -0.382 e. The Bertz CT molecular complexity index is 517. The third kappa shape index (κ3) is 3.20. The van der Waals surface area contributed by atoms with E-state index in [0.29, 0.717) is 0 Å². The van der Waals surface area contributed by atoms with Crippen LogP contribution in [0.15, 0.2) is 4.90 Å². The van der Waals surface area contributed by atoms with Gasteiger partial charge in [-0.3, -0.25) is 0 Å². The minimum atomic E-state index is -3.31. The summed E-state index contributed by atoms with van der Waals surface area (Å²) in [6, 6.07) is 0. The van der Waals surface area contributed by atoms with Crippen molar-refractivity contribution in [2.75, 3.05) is 29.5 Å². The van der Waals surface area contributed by atoms with Crippen molar-refractivity contribution < 1.29 is 8.42 Å². The summed E-state index contributed by atoms with van der Waals surface area (Å²) in [5.74, 6) is 0.222. The molecule has 0 radical (unpaired) electrons. The summed E-state index contributed by atoms with van der Waals surface area (Å²) in [6.45, 7) is 3.44. The molecular weight excluding hydrogens is 282 g/mol. The van der Waals surface area contributed by atoms with Crippen LogP contribution in [0.3, 0.4) is 0 Å². The van der Waals surface area contributed by atoms with Gasteiger partial charge in [0.2, 0.25) is 0 Å². The third-order valence-electron chi connectivity index (χ3n) is 3.49. The van der Waals surface area contributed by atoms with Crippen molar-refractivity contribution >= 4 is 32.2 Å². The Morgan fingerprint density at radius 1 is 1.21 bits per heavy atom. The third-order valence-corrected chi connectivity index (χ3v) is 6.33. The average molecular weight is 303 g/mol. The second kappa shape index (κ2) is 6.09. The van der Waals surface area contributed by atoms with Crippen LogP contribution in [-0.2, 0) is 9.84 Å². The van der Waals surface area contributed by atoms with Crippen LogP contribution >= 0.6 is 11.5 Å². The summed E-state index contributed by atoms with van der Waals surface area (Å²) in [7, 11) is -3.31. The Hall–Kier alpha value is -0.820. The van der Waals surface area contributed by atoms with E-state index in [1.807, 2.05) is 0 Å². The lowest BCUT2D eigenvalue weighted by Crippen LogP contribution is -2.27. The molecule has 2 N–H and O–H groups in total. The zero-order valence-electron chi connectivity index (χ0n) is 11.3. The maximum absolute atomic E-state index is 12.2. The van der Waals surface area contributed by atoms with Crippen molar-refractivity contribution in [3.63, 3.8) is 0 Å². The van der Waals surface area contributed by atoms with Gasteiger partial charge in [0.05, 0.1) is 5.75 Å². The number of nitrogen functional groups attached to an aromatic ring is 1. The van der Waals surface area contributed by atoms with Gasteiger partial charge in [-0.05, 0) is 24.4 Å². The largest absolute Gasteiger partial charge is 0.382 e. The fourth-order valence-corrected chi connectivity index (χ4v) is 4.73. The topological polar surface area (TPSA) is 76.3 Å². The fraction of sp³-hybridized carbons (Fsp3) is 0.750. The van der Waals surface area contributed by atoms with Gasteiger partial charge in [0, 0.05) is 13.1 Å². The molecule has 1 aromatic rings. The van der Waals surface area contributed by atoms with Crippen molar-refractivity contribution in [2.24, 2.45) is 0 Å². The number of anilines is 2. The molecule has 2 heterocycles. The molecule has 0 aliphatic carbocycles. The predicted octanol–water partition coefficient (Wildman–Crippen LogP) is 2.29. The zero-order valence-corrected chi connectivity index (χ0v) is 12.9. The van der Waals surface area contributed by atoms with Gasteiger partial charge >= 0.3 is 0 Å². The lowest BCUT2D eigenvalue weighted by atomic mass is 10.1. The standard InChI is InChI=1S/C12H21N3O2S2/c1-2-19(16,17)10-11(13)14-18-12(10)15-8-6-4-3-5-7-9-15/h2-9H2,1H3,(H2,13,14). The molecule has 0 spiro atoms. The molecule has 1 saturated heterocycles. The average Bonchev–Trinajstić information content (AvgIpc) is 2.71. The second-order valence-corrected chi connectivity index (χ2v) is 7.83. The molecule has 19 heavy (non-hydrogen) atoms. The summed E-state index contributed by atoms with van der Waals surface area (Å²) in [5, 5.41) is 0.737. The minimum absolute atomic E-state index is 0.0659. The number of hydrogen-bond acceptors (Lipinski definition) is 6. The molecule has 1 aromatic heterocycles. The molecule has 5 nitrogen and oxygen atoms in total. The number of aromatic nitrogens is 1. The quantitative estimate of drug-likeness (QED) is 0.927. The van der Waals surface area contributed by atoms with Crippen LogP contribution in [0.1, 0.15) is 39.0 Å². The zero-order chi connectivity index (χ0) is 13.9. The van der Waals surface area contributed by atoms with Crippen LogP contribution in [0.2, 0.25) is 0 Å². The highest BCUT2D eigenvalue weighted by molar-refractivity contribution is 7.91. The van der Waals surface area contributed by atoms with E-state index in [-0.39, 0.29) is 16.5 Å². The molecule has 0 unspecified atom stereocenters. The number of hydrogen-bond donors (Lipinski definition) is 1. The van der Waals surface area contributed by atoms with Crippen molar-refractivity contribution in [2.45, 2.75) is 43.9 Å². The van der Waals surface area contributed by atoms with Crippen LogP contribution in [0.5, 0.6) is 0 Å². The number of nitrogens with zero attached hydrogens (tertiary/aromatic N) is 2. The summed E-state index contributed by atoms with van der Waals surface area (Å²) in [6.07, 6.45) is 5.90. The first kappa shape index (κ1) is 14.6. The first-order valence-electron chi connectivity index (χ1n) is 6.79. The Morgan fingerprint density at radius 2 is 1.79 bits per heavy atom. The Balaban J connectivity index is 2.34. The summed E-state index contributed by atoms with van der Waals surface area (Å²) >= 11 is 1.21. The fourth-order valence-electron chi connectivity index (χ4n) is 2.37. The van der Waals surface area contributed by atoms with E-state index in [1.54, 1.807) is 6.92 Å². The molecule has 7 heteroatoms. The van der Waals surface area contributed by atoms with Gasteiger partial charge in [-0.2, -0.15) is 4.37 Å². The first-order chi connectivity index (χ1) is 9.06. The normalized spacial score (nSPS) is 18.1. The lowest BCUT2D eigenvalue weighted by molar-refractivity contribution is 0.555. The molecule has 1 aliphatic heterocycles. The van der Waals surface area contributed by atoms with Crippen molar-refractivity contribution in [3.8, 4) is 0 Å². The number of rotatable bonds is 3. The van der Waals surface area contributed by atoms with Gasteiger partial charge in [-0.1, -0.05) is 26.2 Å². The van der Waals surface area contributed by atoms with Gasteiger partial charge in [-0.15, -0.1) is 0 Å². The number of sulfone groups is 1. The van der Waals surface area contributed by atoms with Crippen LogP contribution in [-0.4, -0.2) is 31.6 Å². The molecular formula is C12H21N3O2S2. The molecule has 1 fully saturated rings. The van der Waals surface area contributed by atoms with Crippen molar-refractivity contribution in [1.29, 1.82) is 0 Å². The van der Waals surface area contributed by atoms with E-state index in [2.05, 4.69) is 9.27 Å². The molecule has 0 aromatic carbocycles. The molecule has 2 rings (SSSR count). The second-order valence-electron chi connectivity index (χ2n) is 4.86. The van der Waals surface area contributed by atoms with Crippen LogP contribution in [0.25, 0.3) is 0 Å². The Labute approximate surface area is 118 Å². The van der Waals surface area contributed by atoms with Gasteiger partial charge in [-0.25, -0.2) is 8.42 Å². The highest BCUT2D eigenvalue weighted by atomic mass is 32.2. The van der Waals surface area contributed by atoms with Crippen LogP contribution in [0, 0.1) is 0 Å². The Morgan fingerprint density at radius 3 is 2.37 bits per heavy atom. The van der Waals surface area contributed by atoms with E-state index in [9.17, 15) is 8.42 Å². The molecule has 0 bridgehead atoms. The molecule has 1 aliphatic rings. The van der Waals surface area contributed by atoms with E-state index >= 15 is 0 Å². The summed E-state index contributed by atoms with van der Waals surface area (Å²) in [5.41, 5.74) is 5.77. The Kier molecular flexibility index (Phi) is 4.67. The number of nitrogens with two attached hydrogens (primary N) is 1. The maximum Gasteiger partial charge on any atom is 0.184 e. The first-order valence-corrected chi connectivity index (χ1v) is 9.21. The molecule has 108 valence electrons. The van der Waals surface area contributed by atoms with E-state index in [1.165, 1.54) is 30.8 Å². The maximum atomic E-state index is 12.2. The predicted molar refractivity (Wildman–Crippen MR) is 79.6 cm³/mol. The highest BCUT2D eigenvalue weighted by Crippen LogP contribution is 2.36. The lowest BCUT2D eigenvalue weighted by Gasteiger charge is -2.25. The van der Waals surface area contributed by atoms with Crippen molar-refractivity contribution in [1.82, 2.24) is 4.37 Å². The highest BCUT2D eigenvalue weighted by Gasteiger charge is 2.27. The summed E-state index contributed by atoms with van der Waals surface area (Å²) < 4.78 is 28.4. The van der Waals surface area contributed by atoms with Gasteiger partial charge in [0.1, 0.15) is 9.90 Å². The van der Waals surface area contributed by atoms with Gasteiger partial charge < -0.3 is 10.6 Å². The van der Waals surface area contributed by atoms with E-state index in [0.717, 1.165) is 30.9 Å². The molecule has 0 amide bonds. The summed E-state index contributed by atoms with van der Waals surface area (Å²) in [4.78, 5) is 2.40. The molecule has 0 atom stereocenters. The molecule has 0 saturated carbocycles. The van der Waals surface area contributed by atoms with Crippen LogP contribution < -0.4 is 10.6 Å². The van der Waals surface area contributed by atoms with E-state index < -0.39 is 9.84 Å². The SMILES string of the molecule is CCS(=O)(=O)c1c(N)nsc1N1CCCCCCC1. The van der Waals surface area contributed by atoms with Gasteiger partial charge in [0.15, 0.2) is 15.7 Å². The van der Waals surface area contributed by atoms with Gasteiger partial charge in [0.25, 0.3) is 0 Å². The van der Waals surface area contributed by atoms with Crippen LogP contribution in [0.4, 0.5) is 10.8 Å².